The quantitative estimate of drug-likeness (QED) is 0.859. The number of amides is 2. The van der Waals surface area contributed by atoms with Crippen LogP contribution >= 0.6 is 11.3 Å². The van der Waals surface area contributed by atoms with Gasteiger partial charge in [-0.2, -0.15) is 0 Å². The van der Waals surface area contributed by atoms with Crippen LogP contribution in [0.4, 0.5) is 5.13 Å². The van der Waals surface area contributed by atoms with E-state index in [1.54, 1.807) is 4.90 Å². The molecule has 1 saturated carbocycles. The number of fused-ring (bicyclic) bond motifs is 2. The number of anilines is 1. The molecule has 1 aromatic heterocycles. The van der Waals surface area contributed by atoms with Crippen LogP contribution in [0.15, 0.2) is 18.2 Å². The van der Waals surface area contributed by atoms with E-state index in [9.17, 15) is 9.59 Å². The van der Waals surface area contributed by atoms with Crippen LogP contribution < -0.4 is 10.6 Å². The van der Waals surface area contributed by atoms with E-state index in [0.29, 0.717) is 5.69 Å². The smallest absolute Gasteiger partial charge is 0.275 e. The lowest BCUT2D eigenvalue weighted by atomic mass is 9.97. The van der Waals surface area contributed by atoms with Gasteiger partial charge in [0.2, 0.25) is 5.91 Å². The van der Waals surface area contributed by atoms with Crippen LogP contribution in [0.3, 0.4) is 0 Å². The van der Waals surface area contributed by atoms with Gasteiger partial charge in [0.15, 0.2) is 5.13 Å². The number of aryl methyl sites for hydroxylation is 2. The third-order valence-corrected chi connectivity index (χ3v) is 7.35. The predicted molar refractivity (Wildman–Crippen MR) is 112 cm³/mol. The molecular formula is C21H26N4O2S. The highest BCUT2D eigenvalue weighted by Crippen LogP contribution is 2.44. The summed E-state index contributed by atoms with van der Waals surface area (Å²) in [6, 6.07) is 5.78. The van der Waals surface area contributed by atoms with Crippen molar-refractivity contribution in [2.24, 2.45) is 11.7 Å². The molecule has 2 fully saturated rings. The minimum Gasteiger partial charge on any atom is -0.368 e. The number of benzene rings is 1. The molecule has 3 atom stereocenters. The zero-order valence-corrected chi connectivity index (χ0v) is 17.5. The van der Waals surface area contributed by atoms with Crippen molar-refractivity contribution in [2.75, 3.05) is 19.0 Å². The van der Waals surface area contributed by atoms with E-state index >= 15 is 0 Å². The van der Waals surface area contributed by atoms with Crippen molar-refractivity contribution in [1.82, 2.24) is 9.88 Å². The molecule has 148 valence electrons. The number of thiazole rings is 1. The molecule has 6 nitrogen and oxygen atoms in total. The number of carbonyl (C=O) groups excluding carboxylic acids is 2. The minimum absolute atomic E-state index is 0.0899. The van der Waals surface area contributed by atoms with Crippen LogP contribution in [0, 0.1) is 19.8 Å². The largest absolute Gasteiger partial charge is 0.368 e. The van der Waals surface area contributed by atoms with Gasteiger partial charge in [0.1, 0.15) is 11.7 Å². The van der Waals surface area contributed by atoms with Gasteiger partial charge < -0.3 is 15.5 Å². The summed E-state index contributed by atoms with van der Waals surface area (Å²) in [5, 5.41) is 0.775. The van der Waals surface area contributed by atoms with Crippen molar-refractivity contribution in [1.29, 1.82) is 0 Å². The normalized spacial score (nSPS) is 23.3. The van der Waals surface area contributed by atoms with E-state index in [0.717, 1.165) is 34.8 Å². The van der Waals surface area contributed by atoms with Gasteiger partial charge in [0, 0.05) is 20.1 Å². The molecule has 1 aliphatic carbocycles. The number of hydrogen-bond acceptors (Lipinski definition) is 5. The van der Waals surface area contributed by atoms with Crippen molar-refractivity contribution < 1.29 is 9.59 Å². The number of likely N-dealkylation sites (tertiary alicyclic amines) is 1. The Labute approximate surface area is 169 Å². The maximum atomic E-state index is 13.6. The zero-order chi connectivity index (χ0) is 20.2. The lowest BCUT2D eigenvalue weighted by molar-refractivity contribution is -0.123. The second-order valence-electron chi connectivity index (χ2n) is 8.15. The van der Waals surface area contributed by atoms with E-state index in [-0.39, 0.29) is 17.9 Å². The molecule has 0 spiro atoms. The highest BCUT2D eigenvalue weighted by atomic mass is 32.1. The van der Waals surface area contributed by atoms with Crippen LogP contribution in [0.2, 0.25) is 0 Å². The van der Waals surface area contributed by atoms with Crippen molar-refractivity contribution in [3.8, 4) is 10.4 Å². The number of rotatable bonds is 4. The van der Waals surface area contributed by atoms with Gasteiger partial charge in [-0.25, -0.2) is 4.98 Å². The molecule has 2 aromatic rings. The number of hydrogen-bond donors (Lipinski definition) is 1. The molecule has 7 heteroatoms. The molecule has 1 aromatic carbocycles. The van der Waals surface area contributed by atoms with Crippen molar-refractivity contribution in [3.63, 3.8) is 0 Å². The fraction of sp³-hybridized carbons (Fsp3) is 0.476. The molecule has 2 N–H and O–H groups in total. The number of nitrogens with two attached hydrogens (primary N) is 1. The van der Waals surface area contributed by atoms with Gasteiger partial charge in [-0.3, -0.25) is 9.59 Å². The topological polar surface area (TPSA) is 79.5 Å². The average Bonchev–Trinajstić information content (AvgIpc) is 3.36. The SMILES string of the molecule is Cc1ccc(-c2sc(N(C)C)nc2C(=O)N2[C@@H]3CC[C@@H](C3)[C@@H]2C(N)=O)cc1C. The Kier molecular flexibility index (Phi) is 4.65. The maximum absolute atomic E-state index is 13.6. The van der Waals surface area contributed by atoms with Gasteiger partial charge in [0.05, 0.1) is 4.88 Å². The van der Waals surface area contributed by atoms with E-state index in [4.69, 9.17) is 5.73 Å². The van der Waals surface area contributed by atoms with Crippen LogP contribution in [0.1, 0.15) is 40.9 Å². The van der Waals surface area contributed by atoms with Crippen LogP contribution in [-0.4, -0.2) is 47.9 Å². The number of primary amides is 1. The van der Waals surface area contributed by atoms with Gasteiger partial charge in [-0.15, -0.1) is 0 Å². The average molecular weight is 399 g/mol. The standard InChI is InChI=1S/C21H26N4O2S/c1-11-5-6-14(9-12(11)2)18-16(23-21(28-18)24(3)4)20(27)25-15-8-7-13(10-15)17(25)19(22)26/h5-6,9,13,15,17H,7-8,10H2,1-4H3,(H2,22,26)/t13-,15+,17+/m0/s1. The Hall–Kier alpha value is -2.41. The molecule has 2 aliphatic rings. The Morgan fingerprint density at radius 1 is 1.21 bits per heavy atom. The van der Waals surface area contributed by atoms with Crippen molar-refractivity contribution >= 4 is 28.3 Å². The lowest BCUT2D eigenvalue weighted by Crippen LogP contribution is -2.51. The fourth-order valence-electron chi connectivity index (χ4n) is 4.49. The Morgan fingerprint density at radius 2 is 1.96 bits per heavy atom. The Morgan fingerprint density at radius 3 is 2.61 bits per heavy atom. The molecule has 0 unspecified atom stereocenters. The molecule has 2 heterocycles. The third-order valence-electron chi connectivity index (χ3n) is 6.08. The highest BCUT2D eigenvalue weighted by Gasteiger charge is 2.51. The van der Waals surface area contributed by atoms with E-state index < -0.39 is 11.9 Å². The number of nitrogens with zero attached hydrogens (tertiary/aromatic N) is 3. The summed E-state index contributed by atoms with van der Waals surface area (Å²) in [4.78, 5) is 34.8. The molecule has 28 heavy (non-hydrogen) atoms. The third kappa shape index (κ3) is 2.98. The maximum Gasteiger partial charge on any atom is 0.275 e. The summed E-state index contributed by atoms with van der Waals surface area (Å²) in [5.74, 6) is -0.395. The summed E-state index contributed by atoms with van der Waals surface area (Å²) in [7, 11) is 3.84. The number of carbonyl (C=O) groups is 2. The van der Waals surface area contributed by atoms with E-state index in [1.165, 1.54) is 22.5 Å². The van der Waals surface area contributed by atoms with E-state index in [1.807, 2.05) is 25.1 Å². The minimum atomic E-state index is -0.511. The van der Waals surface area contributed by atoms with Crippen LogP contribution in [0.5, 0.6) is 0 Å². The van der Waals surface area contributed by atoms with Gasteiger partial charge in [0.25, 0.3) is 5.91 Å². The predicted octanol–water partition coefficient (Wildman–Crippen LogP) is 2.97. The van der Waals surface area contributed by atoms with Crippen LogP contribution in [-0.2, 0) is 4.79 Å². The Bertz CT molecular complexity index is 952. The molecule has 2 amide bonds. The second kappa shape index (κ2) is 6.88. The molecule has 2 bridgehead atoms. The lowest BCUT2D eigenvalue weighted by Gasteiger charge is -2.33. The molecule has 4 rings (SSSR count). The zero-order valence-electron chi connectivity index (χ0n) is 16.7. The number of aromatic nitrogens is 1. The summed E-state index contributed by atoms with van der Waals surface area (Å²) in [5.41, 5.74) is 9.46. The van der Waals surface area contributed by atoms with Crippen molar-refractivity contribution in [2.45, 2.75) is 45.2 Å². The Balaban J connectivity index is 1.79. The fourth-order valence-corrected chi connectivity index (χ4v) is 5.47. The van der Waals surface area contributed by atoms with E-state index in [2.05, 4.69) is 31.0 Å². The van der Waals surface area contributed by atoms with Gasteiger partial charge in [-0.1, -0.05) is 29.5 Å². The van der Waals surface area contributed by atoms with Gasteiger partial charge in [-0.05, 0) is 55.7 Å². The molecule has 1 aliphatic heterocycles. The summed E-state index contributed by atoms with van der Waals surface area (Å²) in [6.45, 7) is 4.14. The van der Waals surface area contributed by atoms with Gasteiger partial charge >= 0.3 is 0 Å². The molecule has 0 radical (unpaired) electrons. The second-order valence-corrected chi connectivity index (χ2v) is 9.13. The first-order valence-corrected chi connectivity index (χ1v) is 10.5. The first kappa shape index (κ1) is 18.9. The van der Waals surface area contributed by atoms with Crippen molar-refractivity contribution in [3.05, 3.63) is 35.0 Å². The first-order valence-electron chi connectivity index (χ1n) is 9.65. The first-order chi connectivity index (χ1) is 13.3. The summed E-state index contributed by atoms with van der Waals surface area (Å²) in [6.07, 6.45) is 2.76. The highest BCUT2D eigenvalue weighted by molar-refractivity contribution is 7.19. The molecule has 1 saturated heterocycles. The summed E-state index contributed by atoms with van der Waals surface area (Å²) < 4.78 is 0. The monoisotopic (exact) mass is 398 g/mol. The molecular weight excluding hydrogens is 372 g/mol. The number of piperidine rings is 1. The van der Waals surface area contributed by atoms with Crippen LogP contribution in [0.25, 0.3) is 10.4 Å². The summed E-state index contributed by atoms with van der Waals surface area (Å²) >= 11 is 1.50.